The van der Waals surface area contributed by atoms with Gasteiger partial charge in [-0.05, 0) is 61.9 Å². The summed E-state index contributed by atoms with van der Waals surface area (Å²) in [4.78, 5) is 17.0. The molecule has 1 radical (unpaired) electrons. The van der Waals surface area contributed by atoms with Crippen molar-refractivity contribution in [2.45, 2.75) is 51.9 Å². The van der Waals surface area contributed by atoms with E-state index in [9.17, 15) is 4.79 Å². The van der Waals surface area contributed by atoms with Crippen LogP contribution in [0.4, 0.5) is 0 Å². The molecule has 7 heteroatoms. The molecule has 2 rings (SSSR count). The Balaban J connectivity index is 0.00000512. The average molecular weight is 803 g/mol. The zero-order valence-corrected chi connectivity index (χ0v) is 23.6. The number of unbranched alkanes of at least 4 members (excludes halogenated alkanes) is 1. The fourth-order valence-corrected chi connectivity index (χ4v) is 4.23. The first-order valence-corrected chi connectivity index (χ1v) is 12.7. The van der Waals surface area contributed by atoms with Crippen molar-refractivity contribution in [1.29, 1.82) is 0 Å². The normalized spacial score (nSPS) is 14.0. The van der Waals surface area contributed by atoms with Crippen LogP contribution in [0.3, 0.4) is 0 Å². The molecule has 1 aliphatic heterocycles. The van der Waals surface area contributed by atoms with Gasteiger partial charge in [-0.1, -0.05) is 32.1 Å². The van der Waals surface area contributed by atoms with E-state index in [0.717, 1.165) is 69.3 Å². The Labute approximate surface area is 203 Å². The van der Waals surface area contributed by atoms with Crippen LogP contribution in [0, 0.1) is 12.3 Å². The van der Waals surface area contributed by atoms with Crippen molar-refractivity contribution in [2.24, 2.45) is 5.92 Å². The summed E-state index contributed by atoms with van der Waals surface area (Å²) in [6.45, 7) is 11.4. The number of hydrogen-bond donors (Lipinski definition) is 1. The molecule has 1 N–H and O–H groups in total. The number of rotatable bonds is 15. The van der Waals surface area contributed by atoms with Gasteiger partial charge in [-0.3, -0.25) is 14.7 Å². The molecule has 0 aliphatic carbocycles. The van der Waals surface area contributed by atoms with E-state index in [2.05, 4.69) is 51.2 Å². The zero-order valence-electron chi connectivity index (χ0n) is 19.3. The van der Waals surface area contributed by atoms with Crippen LogP contribution in [0.15, 0.2) is 37.0 Å². The molecule has 32 heavy (non-hydrogen) atoms. The fourth-order valence-electron chi connectivity index (χ4n) is 3.92. The molecule has 1 heterocycles. The van der Waals surface area contributed by atoms with Crippen molar-refractivity contribution in [3.05, 3.63) is 49.0 Å². The van der Waals surface area contributed by atoms with Crippen LogP contribution in [-0.2, 0) is 11.2 Å². The summed E-state index contributed by atoms with van der Waals surface area (Å²) in [5, 5.41) is 0. The Hall–Kier alpha value is -2.28. The molecule has 1 fully saturated rings. The van der Waals surface area contributed by atoms with Crippen LogP contribution in [0.5, 0.6) is 5.75 Å². The number of benzene rings is 1. The SMILES string of the molecule is C=CN1CCC(CCCOc2ccc(CC(=O)N(C[CH-]CNI)CCCC)cc2)CC1.[Lr]. The monoisotopic (exact) mass is 802 g/mol. The number of amides is 1. The maximum Gasteiger partial charge on any atom is 0.224 e. The molecule has 1 amide bonds. The minimum atomic E-state index is 0. The molecule has 5 nitrogen and oxygen atoms in total. The van der Waals surface area contributed by atoms with Crippen LogP contribution in [0.25, 0.3) is 0 Å². The second-order valence-electron chi connectivity index (χ2n) is 8.29. The number of nitrogens with zero attached hydrogens (tertiary/aromatic N) is 2. The Kier molecular flexibility index (Phi) is 14.2. The van der Waals surface area contributed by atoms with Gasteiger partial charge in [-0.2, -0.15) is 0 Å². The second kappa shape index (κ2) is 16.4. The first kappa shape index (κ1) is 27.8. The van der Waals surface area contributed by atoms with Gasteiger partial charge >= 0.3 is 0 Å². The van der Waals surface area contributed by atoms with E-state index in [-0.39, 0.29) is 5.91 Å². The molecule has 1 aromatic carbocycles. The second-order valence-corrected chi connectivity index (χ2v) is 9.06. The Morgan fingerprint density at radius 2 is 2.03 bits per heavy atom. The van der Waals surface area contributed by atoms with E-state index in [1.54, 1.807) is 0 Å². The number of piperidine rings is 1. The van der Waals surface area contributed by atoms with Crippen molar-refractivity contribution in [3.8, 4) is 5.75 Å². The summed E-state index contributed by atoms with van der Waals surface area (Å²) < 4.78 is 9.01. The number of likely N-dealkylation sites (tertiary alicyclic amines) is 1. The largest absolute Gasteiger partial charge is 0.494 e. The van der Waals surface area contributed by atoms with Crippen molar-refractivity contribution in [2.75, 3.05) is 39.3 Å². The van der Waals surface area contributed by atoms with Crippen molar-refractivity contribution in [1.82, 2.24) is 13.3 Å². The van der Waals surface area contributed by atoms with Gasteiger partial charge in [0.25, 0.3) is 0 Å². The van der Waals surface area contributed by atoms with Gasteiger partial charge in [-0.15, -0.1) is 13.1 Å². The Bertz CT molecular complexity index is 637. The van der Waals surface area contributed by atoms with Gasteiger partial charge in [-0.25, -0.2) is 0 Å². The summed E-state index contributed by atoms with van der Waals surface area (Å²) in [5.74, 6) is 1.89. The minimum Gasteiger partial charge on any atom is -0.494 e. The van der Waals surface area contributed by atoms with Gasteiger partial charge < -0.3 is 14.5 Å². The molecule has 0 aromatic heterocycles. The first-order valence-electron chi connectivity index (χ1n) is 11.7. The predicted molar refractivity (Wildman–Crippen MR) is 137 cm³/mol. The van der Waals surface area contributed by atoms with E-state index in [0.29, 0.717) is 13.0 Å². The molecular formula is C25H39ILrN3O2-. The molecule has 189 valence electrons. The van der Waals surface area contributed by atoms with Gasteiger partial charge in [0.15, 0.2) is 0 Å². The number of halogens is 1. The number of hydrogen-bond acceptors (Lipinski definition) is 4. The summed E-state index contributed by atoms with van der Waals surface area (Å²) in [6, 6.07) is 8.03. The van der Waals surface area contributed by atoms with Gasteiger partial charge in [0, 0.05) is 42.5 Å². The fraction of sp³-hybridized carbons (Fsp3) is 0.600. The quantitative estimate of drug-likeness (QED) is 0.117. The average Bonchev–Trinajstić information content (AvgIpc) is 2.80. The number of nitrogens with one attached hydrogen (secondary N) is 1. The van der Waals surface area contributed by atoms with Gasteiger partial charge in [0.05, 0.1) is 13.0 Å². The third-order valence-electron chi connectivity index (χ3n) is 5.92. The van der Waals surface area contributed by atoms with Crippen molar-refractivity contribution < 1.29 is 9.53 Å². The smallest absolute Gasteiger partial charge is 0.224 e. The molecule has 1 saturated heterocycles. The molecular weight excluding hydrogens is 763 g/mol. The summed E-state index contributed by atoms with van der Waals surface area (Å²) in [7, 11) is 0. The summed E-state index contributed by atoms with van der Waals surface area (Å²) in [6.07, 6.45) is 11.5. The third-order valence-corrected chi connectivity index (χ3v) is 6.36. The molecule has 0 unspecified atom stereocenters. The van der Waals surface area contributed by atoms with E-state index in [1.165, 1.54) is 19.3 Å². The van der Waals surface area contributed by atoms with E-state index in [1.807, 2.05) is 35.4 Å². The molecule has 0 saturated carbocycles. The Morgan fingerprint density at radius 1 is 1.31 bits per heavy atom. The van der Waals surface area contributed by atoms with Crippen molar-refractivity contribution in [3.63, 3.8) is 0 Å². The molecule has 0 bridgehead atoms. The minimum absolute atomic E-state index is 0. The summed E-state index contributed by atoms with van der Waals surface area (Å²) >= 11 is 2.13. The number of ether oxygens (including phenoxy) is 1. The molecule has 0 atom stereocenters. The number of carbonyl (C=O) groups is 1. The summed E-state index contributed by atoms with van der Waals surface area (Å²) in [5.41, 5.74) is 1.04. The third kappa shape index (κ3) is 10.4. The van der Waals surface area contributed by atoms with Crippen LogP contribution in [0.2, 0.25) is 0 Å². The van der Waals surface area contributed by atoms with E-state index < -0.39 is 0 Å². The van der Waals surface area contributed by atoms with E-state index >= 15 is 0 Å². The maximum absolute atomic E-state index is 12.7. The first-order chi connectivity index (χ1) is 15.2. The van der Waals surface area contributed by atoms with Gasteiger partial charge in [0.1, 0.15) is 5.75 Å². The Morgan fingerprint density at radius 3 is 2.66 bits per heavy atom. The van der Waals surface area contributed by atoms with Crippen LogP contribution in [-0.4, -0.2) is 55.0 Å². The van der Waals surface area contributed by atoms with Crippen LogP contribution >= 0.6 is 22.9 Å². The molecule has 1 aromatic rings. The molecule has 0 spiro atoms. The van der Waals surface area contributed by atoms with Crippen LogP contribution < -0.4 is 8.27 Å². The molecule has 1 aliphatic rings. The topological polar surface area (TPSA) is 44.8 Å². The maximum atomic E-state index is 12.7. The zero-order chi connectivity index (χ0) is 22.3. The van der Waals surface area contributed by atoms with Gasteiger partial charge in [0.2, 0.25) is 5.91 Å². The number of carbonyl (C=O) groups excluding carboxylic acids is 1. The predicted octanol–water partition coefficient (Wildman–Crippen LogP) is 5.02. The van der Waals surface area contributed by atoms with Crippen molar-refractivity contribution >= 4 is 28.8 Å². The van der Waals surface area contributed by atoms with Crippen LogP contribution in [0.1, 0.15) is 51.0 Å². The standard InChI is InChI=1S/C25H39IN3O2.Lr/c1-3-5-16-29(17-7-15-27-26)25(30)21-23-9-11-24(12-10-23)31-20-6-8-22-13-18-28(4-2)19-14-22;/h4,7,9-12,22,27H,2-3,5-6,8,13-21H2,1H3;/q-1;. The van der Waals surface area contributed by atoms with E-state index in [4.69, 9.17) is 4.74 Å².